The van der Waals surface area contributed by atoms with Crippen molar-refractivity contribution in [2.75, 3.05) is 33.9 Å². The summed E-state index contributed by atoms with van der Waals surface area (Å²) in [6, 6.07) is 22.1. The van der Waals surface area contributed by atoms with Crippen molar-refractivity contribution in [3.05, 3.63) is 95.6 Å². The van der Waals surface area contributed by atoms with Gasteiger partial charge in [-0.3, -0.25) is 9.69 Å². The zero-order valence-electron chi connectivity index (χ0n) is 21.6. The molecule has 3 aromatic rings. The Balaban J connectivity index is 1.55. The molecule has 8 heteroatoms. The minimum absolute atomic E-state index is 0.0903. The molecule has 1 amide bonds. The highest BCUT2D eigenvalue weighted by Gasteiger charge is 2.47. The average molecular weight is 527 g/mol. The van der Waals surface area contributed by atoms with Gasteiger partial charge in [0.2, 0.25) is 0 Å². The van der Waals surface area contributed by atoms with Crippen LogP contribution < -0.4 is 14.8 Å². The Hall–Kier alpha value is -3.52. The molecule has 1 heterocycles. The summed E-state index contributed by atoms with van der Waals surface area (Å²) in [4.78, 5) is 14.8. The fourth-order valence-electron chi connectivity index (χ4n) is 5.32. The first kappa shape index (κ1) is 27.5. The molecular formula is C30H33F3N2O3. The van der Waals surface area contributed by atoms with E-state index in [0.29, 0.717) is 29.9 Å². The second kappa shape index (κ2) is 11.9. The quantitative estimate of drug-likeness (QED) is 0.392. The van der Waals surface area contributed by atoms with Crippen molar-refractivity contribution >= 4 is 5.91 Å². The standard InChI is InChI=1S/C30H33F3N2O3/c1-37-24-14-9-15-25(38-2)27(24)28(36)34-21-29(23-12-7-4-8-13-23)16-18-35(19-17-29)26(30(31,32)33)20-22-10-5-3-6-11-22/h3-15,26H,16-21H2,1-2H3,(H,34,36). The van der Waals surface area contributed by atoms with Gasteiger partial charge in [0, 0.05) is 12.0 Å². The van der Waals surface area contributed by atoms with Gasteiger partial charge in [-0.15, -0.1) is 0 Å². The number of nitrogens with one attached hydrogen (secondary N) is 1. The van der Waals surface area contributed by atoms with E-state index in [2.05, 4.69) is 5.32 Å². The number of hydrogen-bond donors (Lipinski definition) is 1. The molecule has 4 rings (SSSR count). The number of likely N-dealkylation sites (tertiary alicyclic amines) is 1. The number of piperidine rings is 1. The Morgan fingerprint density at radius 2 is 1.45 bits per heavy atom. The molecular weight excluding hydrogens is 493 g/mol. The number of benzene rings is 3. The third-order valence-corrected chi connectivity index (χ3v) is 7.47. The Morgan fingerprint density at radius 3 is 1.97 bits per heavy atom. The number of rotatable bonds is 9. The predicted octanol–water partition coefficient (Wildman–Crippen LogP) is 5.64. The van der Waals surface area contributed by atoms with E-state index >= 15 is 0 Å². The maximum Gasteiger partial charge on any atom is 0.404 e. The third-order valence-electron chi connectivity index (χ3n) is 7.47. The fraction of sp³-hybridized carbons (Fsp3) is 0.367. The van der Waals surface area contributed by atoms with Gasteiger partial charge in [0.15, 0.2) is 0 Å². The summed E-state index contributed by atoms with van der Waals surface area (Å²) >= 11 is 0. The van der Waals surface area contributed by atoms with Crippen LogP contribution in [0.1, 0.15) is 34.3 Å². The SMILES string of the molecule is COc1cccc(OC)c1C(=O)NCC1(c2ccccc2)CCN(C(Cc2ccccc2)C(F)(F)F)CC1. The van der Waals surface area contributed by atoms with Crippen LogP contribution in [-0.4, -0.2) is 56.9 Å². The van der Waals surface area contributed by atoms with Crippen LogP contribution in [0.4, 0.5) is 13.2 Å². The summed E-state index contributed by atoms with van der Waals surface area (Å²) in [7, 11) is 2.97. The zero-order valence-corrected chi connectivity index (χ0v) is 21.6. The number of halogens is 3. The number of carbonyl (C=O) groups excluding carboxylic acids is 1. The van der Waals surface area contributed by atoms with Crippen molar-refractivity contribution in [1.82, 2.24) is 10.2 Å². The first-order valence-corrected chi connectivity index (χ1v) is 12.7. The third kappa shape index (κ3) is 6.13. The molecule has 1 N–H and O–H groups in total. The lowest BCUT2D eigenvalue weighted by atomic mass is 9.72. The number of carbonyl (C=O) groups is 1. The number of amides is 1. The molecule has 0 aliphatic carbocycles. The molecule has 3 aromatic carbocycles. The monoisotopic (exact) mass is 526 g/mol. The zero-order chi connectivity index (χ0) is 27.2. The van der Waals surface area contributed by atoms with Crippen molar-refractivity contribution in [2.45, 2.75) is 36.9 Å². The van der Waals surface area contributed by atoms with Crippen LogP contribution in [0.15, 0.2) is 78.9 Å². The summed E-state index contributed by atoms with van der Waals surface area (Å²) in [6.45, 7) is 0.805. The van der Waals surface area contributed by atoms with Gasteiger partial charge < -0.3 is 14.8 Å². The van der Waals surface area contributed by atoms with Gasteiger partial charge in [-0.25, -0.2) is 0 Å². The minimum atomic E-state index is -4.35. The second-order valence-corrected chi connectivity index (χ2v) is 9.65. The van der Waals surface area contributed by atoms with Gasteiger partial charge in [0.05, 0.1) is 14.2 Å². The van der Waals surface area contributed by atoms with Crippen LogP contribution in [0.5, 0.6) is 11.5 Å². The van der Waals surface area contributed by atoms with E-state index in [1.165, 1.54) is 14.2 Å². The second-order valence-electron chi connectivity index (χ2n) is 9.65. The molecule has 0 aromatic heterocycles. The van der Waals surface area contributed by atoms with Crippen molar-refractivity contribution < 1.29 is 27.4 Å². The van der Waals surface area contributed by atoms with Crippen LogP contribution in [0.2, 0.25) is 0 Å². The molecule has 202 valence electrons. The highest BCUT2D eigenvalue weighted by molar-refractivity contribution is 5.99. The van der Waals surface area contributed by atoms with Crippen molar-refractivity contribution in [3.63, 3.8) is 0 Å². The summed E-state index contributed by atoms with van der Waals surface area (Å²) in [5, 5.41) is 3.03. The molecule has 0 radical (unpaired) electrons. The van der Waals surface area contributed by atoms with Gasteiger partial charge >= 0.3 is 6.18 Å². The van der Waals surface area contributed by atoms with Gasteiger partial charge in [0.1, 0.15) is 23.1 Å². The van der Waals surface area contributed by atoms with Gasteiger partial charge in [-0.1, -0.05) is 66.7 Å². The topological polar surface area (TPSA) is 50.8 Å². The first-order valence-electron chi connectivity index (χ1n) is 12.7. The van der Waals surface area contributed by atoms with E-state index in [1.54, 1.807) is 53.4 Å². The summed E-state index contributed by atoms with van der Waals surface area (Å²) in [5.41, 5.74) is 1.44. The predicted molar refractivity (Wildman–Crippen MR) is 141 cm³/mol. The van der Waals surface area contributed by atoms with E-state index in [-0.39, 0.29) is 37.5 Å². The van der Waals surface area contributed by atoms with Crippen LogP contribution in [0, 0.1) is 0 Å². The Labute approximate surface area is 221 Å². The Kier molecular flexibility index (Phi) is 8.62. The highest BCUT2D eigenvalue weighted by Crippen LogP contribution is 2.39. The van der Waals surface area contributed by atoms with Crippen LogP contribution in [0.3, 0.4) is 0 Å². The van der Waals surface area contributed by atoms with E-state index in [0.717, 1.165) is 5.56 Å². The molecule has 1 aliphatic heterocycles. The lowest BCUT2D eigenvalue weighted by Gasteiger charge is -2.45. The summed E-state index contributed by atoms with van der Waals surface area (Å²) < 4.78 is 53.3. The van der Waals surface area contributed by atoms with E-state index in [4.69, 9.17) is 9.47 Å². The smallest absolute Gasteiger partial charge is 0.404 e. The lowest BCUT2D eigenvalue weighted by Crippen LogP contribution is -2.55. The average Bonchev–Trinajstić information content (AvgIpc) is 2.95. The van der Waals surface area contributed by atoms with Crippen molar-refractivity contribution in [2.24, 2.45) is 0 Å². The molecule has 0 saturated carbocycles. The fourth-order valence-corrected chi connectivity index (χ4v) is 5.32. The Morgan fingerprint density at radius 1 is 0.895 bits per heavy atom. The van der Waals surface area contributed by atoms with Crippen LogP contribution >= 0.6 is 0 Å². The van der Waals surface area contributed by atoms with E-state index in [1.807, 2.05) is 30.3 Å². The van der Waals surface area contributed by atoms with Gasteiger partial charge in [0.25, 0.3) is 5.91 Å². The normalized spacial score (nSPS) is 16.4. The number of alkyl halides is 3. The molecule has 1 fully saturated rings. The number of methoxy groups -OCH3 is 2. The first-order chi connectivity index (χ1) is 18.3. The van der Waals surface area contributed by atoms with Crippen LogP contribution in [-0.2, 0) is 11.8 Å². The molecule has 1 atom stereocenters. The maximum absolute atomic E-state index is 14.2. The molecule has 38 heavy (non-hydrogen) atoms. The molecule has 0 bridgehead atoms. The molecule has 1 unspecified atom stereocenters. The van der Waals surface area contributed by atoms with Crippen molar-refractivity contribution in [1.29, 1.82) is 0 Å². The molecule has 0 spiro atoms. The molecule has 1 saturated heterocycles. The van der Waals surface area contributed by atoms with Gasteiger partial charge in [-0.05, 0) is 55.6 Å². The highest BCUT2D eigenvalue weighted by atomic mass is 19.4. The van der Waals surface area contributed by atoms with E-state index in [9.17, 15) is 18.0 Å². The van der Waals surface area contributed by atoms with Crippen LogP contribution in [0.25, 0.3) is 0 Å². The summed E-state index contributed by atoms with van der Waals surface area (Å²) in [6.07, 6.45) is -3.49. The summed E-state index contributed by atoms with van der Waals surface area (Å²) in [5.74, 6) is 0.424. The largest absolute Gasteiger partial charge is 0.496 e. The van der Waals surface area contributed by atoms with E-state index < -0.39 is 17.6 Å². The van der Waals surface area contributed by atoms with Gasteiger partial charge in [-0.2, -0.15) is 13.2 Å². The number of ether oxygens (including phenoxy) is 2. The number of hydrogen-bond acceptors (Lipinski definition) is 4. The minimum Gasteiger partial charge on any atom is -0.496 e. The lowest BCUT2D eigenvalue weighted by molar-refractivity contribution is -0.187. The number of nitrogens with zero attached hydrogens (tertiary/aromatic N) is 1. The maximum atomic E-state index is 14.2. The van der Waals surface area contributed by atoms with Crippen molar-refractivity contribution in [3.8, 4) is 11.5 Å². The molecule has 5 nitrogen and oxygen atoms in total. The Bertz CT molecular complexity index is 1170. The molecule has 1 aliphatic rings.